The minimum absolute atomic E-state index is 0.0445. The fourth-order valence-corrected chi connectivity index (χ4v) is 2.77. The molecule has 1 aliphatic heterocycles. The van der Waals surface area contributed by atoms with Crippen LogP contribution in [0, 0.1) is 6.92 Å². The first-order valence-electron chi connectivity index (χ1n) is 7.70. The summed E-state index contributed by atoms with van der Waals surface area (Å²) >= 11 is 0. The molecule has 1 aliphatic rings. The minimum atomic E-state index is 0.0445. The number of aromatic nitrogens is 1. The molecule has 0 spiro atoms. The average Bonchev–Trinajstić information content (AvgIpc) is 2.56. The van der Waals surface area contributed by atoms with E-state index in [-0.39, 0.29) is 5.91 Å². The predicted octanol–water partition coefficient (Wildman–Crippen LogP) is 2.35. The van der Waals surface area contributed by atoms with Crippen LogP contribution in [0.2, 0.25) is 0 Å². The molecule has 1 aromatic carbocycles. The molecule has 4 heteroatoms. The zero-order chi connectivity index (χ0) is 15.4. The second-order valence-electron chi connectivity index (χ2n) is 5.77. The van der Waals surface area contributed by atoms with E-state index in [0.29, 0.717) is 5.69 Å². The third-order valence-corrected chi connectivity index (χ3v) is 4.04. The van der Waals surface area contributed by atoms with Crippen molar-refractivity contribution in [2.45, 2.75) is 13.5 Å². The smallest absolute Gasteiger partial charge is 0.272 e. The molecule has 0 unspecified atom stereocenters. The third-order valence-electron chi connectivity index (χ3n) is 4.04. The van der Waals surface area contributed by atoms with Gasteiger partial charge in [-0.05, 0) is 30.2 Å². The molecule has 22 heavy (non-hydrogen) atoms. The Labute approximate surface area is 131 Å². The van der Waals surface area contributed by atoms with Gasteiger partial charge in [0.05, 0.1) is 0 Å². The summed E-state index contributed by atoms with van der Waals surface area (Å²) in [6, 6.07) is 14.2. The topological polar surface area (TPSA) is 36.4 Å². The molecule has 0 N–H and O–H groups in total. The normalized spacial score (nSPS) is 15.8. The maximum atomic E-state index is 12.5. The fourth-order valence-electron chi connectivity index (χ4n) is 2.77. The summed E-state index contributed by atoms with van der Waals surface area (Å²) < 4.78 is 0. The number of amides is 1. The van der Waals surface area contributed by atoms with Crippen molar-refractivity contribution in [2.75, 3.05) is 26.2 Å². The number of nitrogens with zero attached hydrogens (tertiary/aromatic N) is 3. The van der Waals surface area contributed by atoms with Crippen LogP contribution in [0.5, 0.6) is 0 Å². The largest absolute Gasteiger partial charge is 0.335 e. The first-order valence-corrected chi connectivity index (χ1v) is 7.70. The minimum Gasteiger partial charge on any atom is -0.335 e. The van der Waals surface area contributed by atoms with Gasteiger partial charge in [0.2, 0.25) is 0 Å². The van der Waals surface area contributed by atoms with Crippen LogP contribution >= 0.6 is 0 Å². The van der Waals surface area contributed by atoms with Crippen LogP contribution < -0.4 is 0 Å². The number of benzene rings is 1. The first-order chi connectivity index (χ1) is 10.7. The van der Waals surface area contributed by atoms with Gasteiger partial charge < -0.3 is 4.90 Å². The quantitative estimate of drug-likeness (QED) is 0.872. The maximum absolute atomic E-state index is 12.5. The van der Waals surface area contributed by atoms with Crippen molar-refractivity contribution in [1.82, 2.24) is 14.8 Å². The molecule has 1 amide bonds. The van der Waals surface area contributed by atoms with E-state index in [0.717, 1.165) is 38.3 Å². The van der Waals surface area contributed by atoms with Crippen LogP contribution in [0.15, 0.2) is 48.7 Å². The second-order valence-corrected chi connectivity index (χ2v) is 5.77. The lowest BCUT2D eigenvalue weighted by atomic mass is 10.2. The van der Waals surface area contributed by atoms with Gasteiger partial charge >= 0.3 is 0 Å². The molecule has 4 nitrogen and oxygen atoms in total. The van der Waals surface area contributed by atoms with Gasteiger partial charge in [-0.15, -0.1) is 0 Å². The van der Waals surface area contributed by atoms with Crippen molar-refractivity contribution in [3.8, 4) is 0 Å². The van der Waals surface area contributed by atoms with Crippen molar-refractivity contribution < 1.29 is 4.79 Å². The Hall–Kier alpha value is -2.20. The van der Waals surface area contributed by atoms with Crippen molar-refractivity contribution in [1.29, 1.82) is 0 Å². The standard InChI is InChI=1S/C18H21N3O/c1-15-7-8-19-17(13-15)18(22)21-11-9-20(10-12-21)14-16-5-3-2-4-6-16/h2-8,13H,9-12,14H2,1H3. The molecule has 1 aromatic heterocycles. The molecule has 0 atom stereocenters. The number of hydrogen-bond donors (Lipinski definition) is 0. The van der Waals surface area contributed by atoms with Gasteiger partial charge in [-0.2, -0.15) is 0 Å². The molecule has 2 aromatic rings. The first kappa shape index (κ1) is 14.7. The number of aryl methyl sites for hydroxylation is 1. The molecule has 0 radical (unpaired) electrons. The maximum Gasteiger partial charge on any atom is 0.272 e. The van der Waals surface area contributed by atoms with Crippen LogP contribution in [0.3, 0.4) is 0 Å². The van der Waals surface area contributed by atoms with E-state index in [9.17, 15) is 4.79 Å². The summed E-state index contributed by atoms with van der Waals surface area (Å²) in [4.78, 5) is 21.0. The molecule has 3 rings (SSSR count). The lowest BCUT2D eigenvalue weighted by molar-refractivity contribution is 0.0622. The molecule has 1 fully saturated rings. The Bertz CT molecular complexity index is 634. The van der Waals surface area contributed by atoms with Crippen LogP contribution in [0.4, 0.5) is 0 Å². The molecule has 0 saturated carbocycles. The number of hydrogen-bond acceptors (Lipinski definition) is 3. The summed E-state index contributed by atoms with van der Waals surface area (Å²) in [6.45, 7) is 6.28. The molecule has 0 bridgehead atoms. The van der Waals surface area contributed by atoms with Gasteiger partial charge in [0.1, 0.15) is 5.69 Å². The summed E-state index contributed by atoms with van der Waals surface area (Å²) in [5.74, 6) is 0.0445. The van der Waals surface area contributed by atoms with Gasteiger partial charge in [0.15, 0.2) is 0 Å². The number of carbonyl (C=O) groups is 1. The Balaban J connectivity index is 1.56. The fraction of sp³-hybridized carbons (Fsp3) is 0.333. The van der Waals surface area contributed by atoms with Crippen molar-refractivity contribution in [3.63, 3.8) is 0 Å². The lowest BCUT2D eigenvalue weighted by Gasteiger charge is -2.34. The summed E-state index contributed by atoms with van der Waals surface area (Å²) in [5.41, 5.74) is 2.94. The van der Waals surface area contributed by atoms with Crippen LogP contribution in [-0.4, -0.2) is 46.9 Å². The summed E-state index contributed by atoms with van der Waals surface area (Å²) in [5, 5.41) is 0. The van der Waals surface area contributed by atoms with E-state index in [1.165, 1.54) is 5.56 Å². The van der Waals surface area contributed by atoms with E-state index in [2.05, 4.69) is 34.1 Å². The highest BCUT2D eigenvalue weighted by Crippen LogP contribution is 2.11. The SMILES string of the molecule is Cc1ccnc(C(=O)N2CCN(Cc3ccccc3)CC2)c1. The second kappa shape index (κ2) is 6.71. The molecule has 1 saturated heterocycles. The van der Waals surface area contributed by atoms with Gasteiger partial charge in [0, 0.05) is 38.9 Å². The third kappa shape index (κ3) is 3.52. The summed E-state index contributed by atoms with van der Waals surface area (Å²) in [6.07, 6.45) is 1.70. The van der Waals surface area contributed by atoms with Crippen molar-refractivity contribution >= 4 is 5.91 Å². The molecular formula is C18H21N3O. The van der Waals surface area contributed by atoms with E-state index in [4.69, 9.17) is 0 Å². The lowest BCUT2D eigenvalue weighted by Crippen LogP contribution is -2.48. The van der Waals surface area contributed by atoms with E-state index < -0.39 is 0 Å². The predicted molar refractivity (Wildman–Crippen MR) is 86.6 cm³/mol. The van der Waals surface area contributed by atoms with Gasteiger partial charge in [-0.25, -0.2) is 0 Å². The van der Waals surface area contributed by atoms with Crippen LogP contribution in [0.25, 0.3) is 0 Å². The number of carbonyl (C=O) groups excluding carboxylic acids is 1. The zero-order valence-corrected chi connectivity index (χ0v) is 12.9. The monoisotopic (exact) mass is 295 g/mol. The molecule has 2 heterocycles. The Morgan fingerprint density at radius 3 is 2.50 bits per heavy atom. The van der Waals surface area contributed by atoms with Crippen molar-refractivity contribution in [3.05, 3.63) is 65.5 Å². The Morgan fingerprint density at radius 2 is 1.82 bits per heavy atom. The highest BCUT2D eigenvalue weighted by atomic mass is 16.2. The van der Waals surface area contributed by atoms with Gasteiger partial charge in [-0.3, -0.25) is 14.7 Å². The number of rotatable bonds is 3. The van der Waals surface area contributed by atoms with E-state index in [1.54, 1.807) is 6.20 Å². The Morgan fingerprint density at radius 1 is 1.09 bits per heavy atom. The van der Waals surface area contributed by atoms with E-state index in [1.807, 2.05) is 30.0 Å². The van der Waals surface area contributed by atoms with Gasteiger partial charge in [0.25, 0.3) is 5.91 Å². The molecular weight excluding hydrogens is 274 g/mol. The summed E-state index contributed by atoms with van der Waals surface area (Å²) in [7, 11) is 0. The van der Waals surface area contributed by atoms with E-state index >= 15 is 0 Å². The molecule has 0 aliphatic carbocycles. The number of piperazine rings is 1. The highest BCUT2D eigenvalue weighted by Gasteiger charge is 2.22. The average molecular weight is 295 g/mol. The highest BCUT2D eigenvalue weighted by molar-refractivity contribution is 5.92. The van der Waals surface area contributed by atoms with Crippen LogP contribution in [0.1, 0.15) is 21.6 Å². The van der Waals surface area contributed by atoms with Crippen molar-refractivity contribution in [2.24, 2.45) is 0 Å². The van der Waals surface area contributed by atoms with Crippen LogP contribution in [-0.2, 0) is 6.54 Å². The number of pyridine rings is 1. The van der Waals surface area contributed by atoms with Gasteiger partial charge in [-0.1, -0.05) is 30.3 Å². The molecule has 114 valence electrons. The Kier molecular flexibility index (Phi) is 4.49. The zero-order valence-electron chi connectivity index (χ0n) is 12.9.